The summed E-state index contributed by atoms with van der Waals surface area (Å²) in [6.07, 6.45) is 0. The lowest BCUT2D eigenvalue weighted by molar-refractivity contribution is 0.399. The largest absolute Gasteiger partial charge is 0.400 e. The fraction of sp³-hybridized carbons (Fsp3) is 0.600. The van der Waals surface area contributed by atoms with Crippen LogP contribution in [0.5, 0.6) is 0 Å². The molecule has 0 spiro atoms. The number of aryl methyl sites for hydroxylation is 1. The molecule has 0 fully saturated rings. The summed E-state index contributed by atoms with van der Waals surface area (Å²) in [6.45, 7) is 10.1. The molecule has 0 aliphatic carbocycles. The Morgan fingerprint density at radius 1 is 1.08 bits per heavy atom. The molecule has 1 aromatic heterocycles. The third-order valence-electron chi connectivity index (χ3n) is 0.663. The molecule has 0 bridgehead atoms. The highest BCUT2D eigenvalue weighted by Gasteiger charge is 1.74. The maximum Gasteiger partial charge on any atom is 0.0319 e. The Bertz CT molecular complexity index is 113. The molecule has 74 valence electrons. The molecule has 1 rings (SSSR count). The van der Waals surface area contributed by atoms with Crippen LogP contribution in [0.15, 0.2) is 17.5 Å². The number of rotatable bonds is 0. The fourth-order valence-corrected chi connectivity index (χ4v) is 0.890. The van der Waals surface area contributed by atoms with Crippen molar-refractivity contribution in [3.8, 4) is 0 Å². The van der Waals surface area contributed by atoms with Gasteiger partial charge in [-0.2, -0.15) is 0 Å². The number of hydrogen-bond acceptors (Lipinski definition) is 2. The zero-order chi connectivity index (χ0) is 10.4. The van der Waals surface area contributed by atoms with Gasteiger partial charge in [-0.15, -0.1) is 11.3 Å². The van der Waals surface area contributed by atoms with Crippen molar-refractivity contribution in [1.82, 2.24) is 0 Å². The van der Waals surface area contributed by atoms with E-state index in [2.05, 4.69) is 24.4 Å². The summed E-state index contributed by atoms with van der Waals surface area (Å²) in [5.74, 6) is 0. The third-order valence-corrected chi connectivity index (χ3v) is 1.46. The van der Waals surface area contributed by atoms with Crippen molar-refractivity contribution >= 4 is 11.3 Å². The van der Waals surface area contributed by atoms with Crippen LogP contribution < -0.4 is 0 Å². The number of hydrogen-bond donors (Lipinski definition) is 1. The normalized spacial score (nSPS) is 5.92. The average Bonchev–Trinajstić information content (AvgIpc) is 2.66. The van der Waals surface area contributed by atoms with Gasteiger partial charge in [0.2, 0.25) is 0 Å². The maximum atomic E-state index is 7.00. The molecular weight excluding hydrogens is 168 g/mol. The molecule has 0 aromatic carbocycles. The molecule has 1 heterocycles. The molecule has 0 aliphatic heterocycles. The van der Waals surface area contributed by atoms with Gasteiger partial charge < -0.3 is 5.11 Å². The third kappa shape index (κ3) is 16.3. The van der Waals surface area contributed by atoms with E-state index < -0.39 is 0 Å². The molecular formula is C10H22OS. The van der Waals surface area contributed by atoms with E-state index in [9.17, 15) is 0 Å². The molecule has 0 unspecified atom stereocenters. The molecule has 12 heavy (non-hydrogen) atoms. The van der Waals surface area contributed by atoms with E-state index in [1.54, 1.807) is 11.3 Å². The van der Waals surface area contributed by atoms with Crippen molar-refractivity contribution < 1.29 is 5.11 Å². The average molecular weight is 190 g/mol. The highest BCUT2D eigenvalue weighted by atomic mass is 32.1. The van der Waals surface area contributed by atoms with Crippen molar-refractivity contribution in [2.24, 2.45) is 0 Å². The van der Waals surface area contributed by atoms with Crippen LogP contribution in [0.1, 0.15) is 32.6 Å². The molecule has 1 nitrogen and oxygen atoms in total. The van der Waals surface area contributed by atoms with Crippen LogP contribution in [0.3, 0.4) is 0 Å². The van der Waals surface area contributed by atoms with E-state index in [0.717, 1.165) is 7.11 Å². The van der Waals surface area contributed by atoms with Crippen LogP contribution in [0.2, 0.25) is 0 Å². The van der Waals surface area contributed by atoms with Gasteiger partial charge in [0, 0.05) is 12.0 Å². The van der Waals surface area contributed by atoms with E-state index in [1.807, 2.05) is 27.7 Å². The Kier molecular flexibility index (Phi) is 33.0. The predicted octanol–water partition coefficient (Wildman–Crippen LogP) is 3.72. The second kappa shape index (κ2) is 22.4. The summed E-state index contributed by atoms with van der Waals surface area (Å²) in [6, 6.07) is 4.16. The minimum Gasteiger partial charge on any atom is -0.400 e. The summed E-state index contributed by atoms with van der Waals surface area (Å²) < 4.78 is 0. The Morgan fingerprint density at radius 3 is 1.58 bits per heavy atom. The van der Waals surface area contributed by atoms with Gasteiger partial charge in [-0.05, 0) is 18.4 Å². The smallest absolute Gasteiger partial charge is 0.0319 e. The Morgan fingerprint density at radius 2 is 1.50 bits per heavy atom. The lowest BCUT2D eigenvalue weighted by atomic mass is 10.5. The fourth-order valence-electron chi connectivity index (χ4n) is 0.361. The van der Waals surface area contributed by atoms with Crippen molar-refractivity contribution in [2.75, 3.05) is 7.11 Å². The first-order chi connectivity index (χ1) is 5.89. The first kappa shape index (κ1) is 17.7. The molecule has 1 N–H and O–H groups in total. The summed E-state index contributed by atoms with van der Waals surface area (Å²) in [7, 11) is 1.00. The lowest BCUT2D eigenvalue weighted by Gasteiger charge is -1.65. The number of aliphatic hydroxyl groups excluding tert-OH is 1. The Labute approximate surface area is 81.1 Å². The van der Waals surface area contributed by atoms with Gasteiger partial charge in [0.05, 0.1) is 0 Å². The molecule has 0 saturated heterocycles. The summed E-state index contributed by atoms with van der Waals surface area (Å²) in [4.78, 5) is 1.38. The molecule has 0 saturated carbocycles. The van der Waals surface area contributed by atoms with Crippen LogP contribution in [0.25, 0.3) is 0 Å². The Balaban J connectivity index is -0.000000117. The van der Waals surface area contributed by atoms with Crippen LogP contribution in [-0.4, -0.2) is 12.2 Å². The van der Waals surface area contributed by atoms with Gasteiger partial charge in [0.1, 0.15) is 0 Å². The van der Waals surface area contributed by atoms with Gasteiger partial charge in [0.25, 0.3) is 0 Å². The molecule has 0 atom stereocenters. The minimum atomic E-state index is 1.00. The zero-order valence-corrected chi connectivity index (χ0v) is 9.90. The molecule has 0 aliphatic rings. The lowest BCUT2D eigenvalue weighted by Crippen LogP contribution is -1.42. The quantitative estimate of drug-likeness (QED) is 0.661. The molecule has 0 radical (unpaired) electrons. The van der Waals surface area contributed by atoms with Crippen LogP contribution in [0, 0.1) is 6.92 Å². The first-order valence-electron chi connectivity index (χ1n) is 4.34. The van der Waals surface area contributed by atoms with Gasteiger partial charge in [-0.1, -0.05) is 33.8 Å². The SMILES string of the molecule is CC.CC.CO.Cc1cccs1. The Hall–Kier alpha value is -0.340. The van der Waals surface area contributed by atoms with Crippen molar-refractivity contribution in [3.63, 3.8) is 0 Å². The number of thiophene rings is 1. The monoisotopic (exact) mass is 190 g/mol. The van der Waals surface area contributed by atoms with E-state index in [1.165, 1.54) is 4.88 Å². The van der Waals surface area contributed by atoms with Gasteiger partial charge >= 0.3 is 0 Å². The molecule has 0 amide bonds. The first-order valence-corrected chi connectivity index (χ1v) is 5.22. The van der Waals surface area contributed by atoms with Crippen LogP contribution in [0.4, 0.5) is 0 Å². The summed E-state index contributed by atoms with van der Waals surface area (Å²) in [5, 5.41) is 9.08. The highest BCUT2D eigenvalue weighted by molar-refractivity contribution is 7.09. The molecule has 1 aromatic rings. The topological polar surface area (TPSA) is 20.2 Å². The minimum absolute atomic E-state index is 1.00. The van der Waals surface area contributed by atoms with E-state index in [4.69, 9.17) is 5.11 Å². The van der Waals surface area contributed by atoms with Gasteiger partial charge in [-0.3, -0.25) is 0 Å². The van der Waals surface area contributed by atoms with E-state index in [0.29, 0.717) is 0 Å². The predicted molar refractivity (Wildman–Crippen MR) is 59.9 cm³/mol. The maximum absolute atomic E-state index is 7.00. The van der Waals surface area contributed by atoms with Gasteiger partial charge in [0.15, 0.2) is 0 Å². The second-order valence-electron chi connectivity index (χ2n) is 1.22. The number of aliphatic hydroxyl groups is 1. The van der Waals surface area contributed by atoms with Crippen LogP contribution in [-0.2, 0) is 0 Å². The van der Waals surface area contributed by atoms with Crippen molar-refractivity contribution in [2.45, 2.75) is 34.6 Å². The van der Waals surface area contributed by atoms with Crippen molar-refractivity contribution in [3.05, 3.63) is 22.4 Å². The highest BCUT2D eigenvalue weighted by Crippen LogP contribution is 2.03. The standard InChI is InChI=1S/C5H6S.2C2H6.CH4O/c1-5-3-2-4-6-5;3*1-2/h2-4H,1H3;2*1-2H3;2H,1H3. The van der Waals surface area contributed by atoms with E-state index >= 15 is 0 Å². The second-order valence-corrected chi connectivity index (χ2v) is 2.38. The zero-order valence-electron chi connectivity index (χ0n) is 9.09. The summed E-state index contributed by atoms with van der Waals surface area (Å²) >= 11 is 1.78. The van der Waals surface area contributed by atoms with Gasteiger partial charge in [-0.25, -0.2) is 0 Å². The van der Waals surface area contributed by atoms with E-state index in [-0.39, 0.29) is 0 Å². The molecule has 2 heteroatoms. The van der Waals surface area contributed by atoms with Crippen molar-refractivity contribution in [1.29, 1.82) is 0 Å². The van der Waals surface area contributed by atoms with Crippen LogP contribution >= 0.6 is 11.3 Å². The summed E-state index contributed by atoms with van der Waals surface area (Å²) in [5.41, 5.74) is 0.